The lowest BCUT2D eigenvalue weighted by Gasteiger charge is -2.11. The Kier molecular flexibility index (Phi) is 8.34. The van der Waals surface area contributed by atoms with Crippen molar-refractivity contribution in [3.05, 3.63) is 59.7 Å². The molecule has 0 aliphatic heterocycles. The van der Waals surface area contributed by atoms with Gasteiger partial charge in [-0.2, -0.15) is 0 Å². The highest BCUT2D eigenvalue weighted by Gasteiger charge is 2.05. The molecule has 28 heavy (non-hydrogen) atoms. The van der Waals surface area contributed by atoms with Crippen LogP contribution in [-0.4, -0.2) is 31.0 Å². The van der Waals surface area contributed by atoms with Crippen LogP contribution in [0.1, 0.15) is 43.1 Å². The number of anilines is 1. The number of hydrogen-bond acceptors (Lipinski definition) is 4. The molecule has 2 amide bonds. The molecule has 0 aromatic heterocycles. The molecule has 0 saturated carbocycles. The minimum absolute atomic E-state index is 0.0871. The lowest BCUT2D eigenvalue weighted by Crippen LogP contribution is -2.29. The molecule has 2 aromatic carbocycles. The fourth-order valence-electron chi connectivity index (χ4n) is 2.48. The summed E-state index contributed by atoms with van der Waals surface area (Å²) in [5, 5.41) is 8.76. The molecule has 6 heteroatoms. The second-order valence-electron chi connectivity index (χ2n) is 6.77. The van der Waals surface area contributed by atoms with Crippen LogP contribution in [0.25, 0.3) is 0 Å². The molecule has 0 heterocycles. The standard InChI is InChI=1S/C22H29N3O3/c1-4-13-23-22(27)18-7-9-19(10-8-18)24-15-21(26)25-14-17-5-11-20(12-6-17)28-16(2)3/h5-12,16,24H,4,13-15H2,1-3H3,(H,23,27)(H,25,26). The van der Waals surface area contributed by atoms with E-state index in [1.54, 1.807) is 24.3 Å². The van der Waals surface area contributed by atoms with Gasteiger partial charge in [0.2, 0.25) is 5.91 Å². The highest BCUT2D eigenvalue weighted by atomic mass is 16.5. The first-order valence-electron chi connectivity index (χ1n) is 9.62. The minimum Gasteiger partial charge on any atom is -0.491 e. The van der Waals surface area contributed by atoms with E-state index in [4.69, 9.17) is 4.74 Å². The summed E-state index contributed by atoms with van der Waals surface area (Å²) in [6.07, 6.45) is 1.03. The zero-order chi connectivity index (χ0) is 20.4. The van der Waals surface area contributed by atoms with E-state index in [1.807, 2.05) is 45.0 Å². The Balaban J connectivity index is 1.74. The summed E-state index contributed by atoms with van der Waals surface area (Å²) in [5.74, 6) is 0.627. The predicted molar refractivity (Wildman–Crippen MR) is 112 cm³/mol. The molecule has 0 spiro atoms. The Labute approximate surface area is 166 Å². The summed E-state index contributed by atoms with van der Waals surface area (Å²) in [7, 11) is 0. The van der Waals surface area contributed by atoms with Crippen LogP contribution in [0.4, 0.5) is 5.69 Å². The Bertz CT molecular complexity index is 756. The molecule has 0 unspecified atom stereocenters. The molecule has 0 bridgehead atoms. The molecule has 0 aliphatic rings. The molecule has 2 rings (SSSR count). The Morgan fingerprint density at radius 2 is 1.64 bits per heavy atom. The van der Waals surface area contributed by atoms with Gasteiger partial charge in [-0.05, 0) is 62.2 Å². The van der Waals surface area contributed by atoms with Crippen molar-refractivity contribution < 1.29 is 14.3 Å². The third-order valence-corrected chi connectivity index (χ3v) is 3.92. The van der Waals surface area contributed by atoms with Crippen LogP contribution < -0.4 is 20.7 Å². The Morgan fingerprint density at radius 1 is 0.964 bits per heavy atom. The molecule has 3 N–H and O–H groups in total. The average Bonchev–Trinajstić information content (AvgIpc) is 2.70. The molecule has 0 aliphatic carbocycles. The van der Waals surface area contributed by atoms with E-state index in [1.165, 1.54) is 0 Å². The van der Waals surface area contributed by atoms with Crippen LogP contribution in [0.15, 0.2) is 48.5 Å². The van der Waals surface area contributed by atoms with Crippen LogP contribution >= 0.6 is 0 Å². The zero-order valence-corrected chi connectivity index (χ0v) is 16.7. The van der Waals surface area contributed by atoms with Crippen molar-refractivity contribution in [3.63, 3.8) is 0 Å². The summed E-state index contributed by atoms with van der Waals surface area (Å²) in [6.45, 7) is 7.25. The number of ether oxygens (including phenoxy) is 1. The maximum absolute atomic E-state index is 12.0. The fraction of sp³-hybridized carbons (Fsp3) is 0.364. The van der Waals surface area contributed by atoms with E-state index in [2.05, 4.69) is 16.0 Å². The van der Waals surface area contributed by atoms with Gasteiger partial charge < -0.3 is 20.7 Å². The van der Waals surface area contributed by atoms with E-state index in [0.717, 1.165) is 23.4 Å². The van der Waals surface area contributed by atoms with Gasteiger partial charge in [-0.3, -0.25) is 9.59 Å². The fourth-order valence-corrected chi connectivity index (χ4v) is 2.48. The smallest absolute Gasteiger partial charge is 0.251 e. The summed E-state index contributed by atoms with van der Waals surface area (Å²) in [6, 6.07) is 14.7. The van der Waals surface area contributed by atoms with Crippen LogP contribution in [0.5, 0.6) is 5.75 Å². The molecule has 2 aromatic rings. The van der Waals surface area contributed by atoms with Gasteiger partial charge in [-0.25, -0.2) is 0 Å². The Morgan fingerprint density at radius 3 is 2.25 bits per heavy atom. The van der Waals surface area contributed by atoms with Crippen molar-refractivity contribution in [2.24, 2.45) is 0 Å². The first-order valence-corrected chi connectivity index (χ1v) is 9.62. The van der Waals surface area contributed by atoms with Crippen molar-refractivity contribution >= 4 is 17.5 Å². The summed E-state index contributed by atoms with van der Waals surface area (Å²) >= 11 is 0. The Hall–Kier alpha value is -3.02. The van der Waals surface area contributed by atoms with Crippen molar-refractivity contribution in [3.8, 4) is 5.75 Å². The second-order valence-corrected chi connectivity index (χ2v) is 6.77. The maximum Gasteiger partial charge on any atom is 0.251 e. The van der Waals surface area contributed by atoms with E-state index in [9.17, 15) is 9.59 Å². The van der Waals surface area contributed by atoms with Crippen LogP contribution in [0, 0.1) is 0 Å². The maximum atomic E-state index is 12.0. The molecule has 0 fully saturated rings. The predicted octanol–water partition coefficient (Wildman–Crippen LogP) is 3.34. The van der Waals surface area contributed by atoms with E-state index in [0.29, 0.717) is 18.7 Å². The van der Waals surface area contributed by atoms with Gasteiger partial charge in [0.15, 0.2) is 0 Å². The molecule has 150 valence electrons. The monoisotopic (exact) mass is 383 g/mol. The number of carbonyl (C=O) groups excluding carboxylic acids is 2. The molecular weight excluding hydrogens is 354 g/mol. The lowest BCUT2D eigenvalue weighted by atomic mass is 10.2. The number of benzene rings is 2. The summed E-state index contributed by atoms with van der Waals surface area (Å²) in [4.78, 5) is 23.9. The number of carbonyl (C=O) groups is 2. The van der Waals surface area contributed by atoms with Crippen molar-refractivity contribution in [1.29, 1.82) is 0 Å². The van der Waals surface area contributed by atoms with Gasteiger partial charge in [-0.1, -0.05) is 19.1 Å². The minimum atomic E-state index is -0.104. The molecule has 0 saturated heterocycles. The van der Waals surface area contributed by atoms with Crippen molar-refractivity contribution in [1.82, 2.24) is 10.6 Å². The van der Waals surface area contributed by atoms with Gasteiger partial charge in [0.25, 0.3) is 5.91 Å². The normalized spacial score (nSPS) is 10.4. The van der Waals surface area contributed by atoms with Crippen LogP contribution in [0.2, 0.25) is 0 Å². The van der Waals surface area contributed by atoms with E-state index >= 15 is 0 Å². The zero-order valence-electron chi connectivity index (χ0n) is 16.7. The van der Waals surface area contributed by atoms with E-state index < -0.39 is 0 Å². The van der Waals surface area contributed by atoms with Crippen molar-refractivity contribution in [2.45, 2.75) is 39.8 Å². The second kappa shape index (κ2) is 11.0. The van der Waals surface area contributed by atoms with Crippen LogP contribution in [0.3, 0.4) is 0 Å². The lowest BCUT2D eigenvalue weighted by molar-refractivity contribution is -0.119. The van der Waals surface area contributed by atoms with E-state index in [-0.39, 0.29) is 24.5 Å². The quantitative estimate of drug-likeness (QED) is 0.588. The van der Waals surface area contributed by atoms with Gasteiger partial charge in [-0.15, -0.1) is 0 Å². The molecule has 6 nitrogen and oxygen atoms in total. The third-order valence-electron chi connectivity index (χ3n) is 3.92. The first-order chi connectivity index (χ1) is 13.5. The highest BCUT2D eigenvalue weighted by molar-refractivity contribution is 5.94. The summed E-state index contributed by atoms with van der Waals surface area (Å²) < 4.78 is 5.60. The largest absolute Gasteiger partial charge is 0.491 e. The van der Waals surface area contributed by atoms with Gasteiger partial charge in [0.05, 0.1) is 12.6 Å². The van der Waals surface area contributed by atoms with Crippen molar-refractivity contribution in [2.75, 3.05) is 18.4 Å². The summed E-state index contributed by atoms with van der Waals surface area (Å²) in [5.41, 5.74) is 2.40. The van der Waals surface area contributed by atoms with Gasteiger partial charge in [0, 0.05) is 24.3 Å². The van der Waals surface area contributed by atoms with Crippen LogP contribution in [-0.2, 0) is 11.3 Å². The van der Waals surface area contributed by atoms with Gasteiger partial charge >= 0.3 is 0 Å². The molecule has 0 atom stereocenters. The third kappa shape index (κ3) is 7.31. The number of amides is 2. The topological polar surface area (TPSA) is 79.5 Å². The SMILES string of the molecule is CCCNC(=O)c1ccc(NCC(=O)NCc2ccc(OC(C)C)cc2)cc1. The number of hydrogen-bond donors (Lipinski definition) is 3. The average molecular weight is 383 g/mol. The number of rotatable bonds is 10. The highest BCUT2D eigenvalue weighted by Crippen LogP contribution is 2.13. The van der Waals surface area contributed by atoms with Gasteiger partial charge in [0.1, 0.15) is 5.75 Å². The molecule has 0 radical (unpaired) electrons. The molecular formula is C22H29N3O3. The first kappa shape index (κ1) is 21.3. The number of nitrogens with one attached hydrogen (secondary N) is 3.